The number of thiocarbonyl (C=S) groups is 1. The van der Waals surface area contributed by atoms with Crippen LogP contribution in [0.4, 0.5) is 5.69 Å². The molecule has 5 nitrogen and oxygen atoms in total. The lowest BCUT2D eigenvalue weighted by Crippen LogP contribution is -2.54. The Labute approximate surface area is 214 Å². The van der Waals surface area contributed by atoms with E-state index in [1.54, 1.807) is 54.6 Å². The number of amides is 2. The minimum Gasteiger partial charge on any atom is -0.488 e. The molecule has 1 N–H and O–H groups in total. The van der Waals surface area contributed by atoms with E-state index in [0.717, 1.165) is 5.56 Å². The zero-order valence-electron chi connectivity index (χ0n) is 16.8. The topological polar surface area (TPSA) is 58.6 Å². The summed E-state index contributed by atoms with van der Waals surface area (Å²) in [5.74, 6) is -0.450. The van der Waals surface area contributed by atoms with Crippen molar-refractivity contribution in [2.24, 2.45) is 0 Å². The number of carbonyl (C=O) groups is 2. The molecule has 0 atom stereocenters. The summed E-state index contributed by atoms with van der Waals surface area (Å²) in [5, 5.41) is 3.55. The highest BCUT2D eigenvalue weighted by atomic mass is 79.9. The number of rotatable bonds is 5. The summed E-state index contributed by atoms with van der Waals surface area (Å²) in [6.45, 7) is 0.292. The molecule has 0 radical (unpaired) electrons. The molecule has 0 aliphatic carbocycles. The van der Waals surface area contributed by atoms with E-state index in [-0.39, 0.29) is 10.7 Å². The number of hydrogen-bond acceptors (Lipinski definition) is 4. The van der Waals surface area contributed by atoms with Gasteiger partial charge in [-0.3, -0.25) is 19.8 Å². The van der Waals surface area contributed by atoms with Crippen LogP contribution in [-0.2, 0) is 16.2 Å². The van der Waals surface area contributed by atoms with Gasteiger partial charge in [-0.25, -0.2) is 0 Å². The van der Waals surface area contributed by atoms with Crippen molar-refractivity contribution in [3.63, 3.8) is 0 Å². The Hall–Kier alpha value is -2.71. The minimum absolute atomic E-state index is 0.0242. The molecular formula is C24H15BrCl2N2O3S. The van der Waals surface area contributed by atoms with Gasteiger partial charge in [0.05, 0.1) is 20.2 Å². The summed E-state index contributed by atoms with van der Waals surface area (Å²) < 4.78 is 6.52. The Morgan fingerprint density at radius 3 is 2.45 bits per heavy atom. The Bertz CT molecular complexity index is 1300. The predicted octanol–water partition coefficient (Wildman–Crippen LogP) is 6.17. The van der Waals surface area contributed by atoms with Crippen molar-refractivity contribution in [2.45, 2.75) is 6.61 Å². The number of halogens is 3. The number of nitrogens with zero attached hydrogens (tertiary/aromatic N) is 1. The molecule has 1 aliphatic rings. The summed E-state index contributed by atoms with van der Waals surface area (Å²) in [6, 6.07) is 19.5. The molecule has 0 saturated carbocycles. The second-order valence-electron chi connectivity index (χ2n) is 7.02. The monoisotopic (exact) mass is 560 g/mol. The van der Waals surface area contributed by atoms with Crippen LogP contribution in [-0.4, -0.2) is 16.9 Å². The second kappa shape index (κ2) is 10.1. The second-order valence-corrected chi connectivity index (χ2v) is 9.08. The molecule has 1 aliphatic heterocycles. The minimum atomic E-state index is -0.548. The zero-order chi connectivity index (χ0) is 23.5. The van der Waals surface area contributed by atoms with Crippen molar-refractivity contribution in [2.75, 3.05) is 4.90 Å². The molecule has 0 spiro atoms. The van der Waals surface area contributed by atoms with Gasteiger partial charge >= 0.3 is 0 Å². The van der Waals surface area contributed by atoms with Crippen LogP contribution < -0.4 is 15.0 Å². The first-order valence-corrected chi connectivity index (χ1v) is 11.6. The molecule has 33 heavy (non-hydrogen) atoms. The van der Waals surface area contributed by atoms with Crippen LogP contribution in [0.5, 0.6) is 5.75 Å². The van der Waals surface area contributed by atoms with E-state index < -0.39 is 11.8 Å². The standard InChI is InChI=1S/C24H15BrCl2N2O3S/c25-18-11-14(7-9-21(18)32-13-15-6-8-19(26)20(27)12-15)10-17-22(30)28-24(33)29(23(17)31)16-4-2-1-3-5-16/h1-12H,13H2,(H,28,30,33)/b17-10-. The first-order valence-electron chi connectivity index (χ1n) is 9.66. The first-order chi connectivity index (χ1) is 15.8. The fraction of sp³-hybridized carbons (Fsp3) is 0.0417. The lowest BCUT2D eigenvalue weighted by atomic mass is 10.1. The number of carbonyl (C=O) groups excluding carboxylic acids is 2. The Kier molecular flexibility index (Phi) is 7.14. The van der Waals surface area contributed by atoms with E-state index >= 15 is 0 Å². The highest BCUT2D eigenvalue weighted by Crippen LogP contribution is 2.30. The number of benzene rings is 3. The maximum absolute atomic E-state index is 13.1. The molecule has 9 heteroatoms. The molecule has 166 valence electrons. The Morgan fingerprint density at radius 2 is 1.76 bits per heavy atom. The van der Waals surface area contributed by atoms with Crippen LogP contribution in [0.15, 0.2) is 76.8 Å². The summed E-state index contributed by atoms with van der Waals surface area (Å²) in [4.78, 5) is 26.9. The fourth-order valence-corrected chi connectivity index (χ4v) is 4.26. The van der Waals surface area contributed by atoms with E-state index in [2.05, 4.69) is 21.2 Å². The van der Waals surface area contributed by atoms with Gasteiger partial charge in [0, 0.05) is 0 Å². The first kappa shape index (κ1) is 23.4. The average molecular weight is 562 g/mol. The van der Waals surface area contributed by atoms with Crippen molar-refractivity contribution in [1.29, 1.82) is 0 Å². The van der Waals surface area contributed by atoms with Gasteiger partial charge in [0.15, 0.2) is 5.11 Å². The van der Waals surface area contributed by atoms with Crippen LogP contribution >= 0.6 is 51.3 Å². The molecule has 3 aromatic rings. The third kappa shape index (κ3) is 5.28. The number of ether oxygens (including phenoxy) is 1. The number of nitrogens with one attached hydrogen (secondary N) is 1. The summed E-state index contributed by atoms with van der Waals surface area (Å²) in [5.41, 5.74) is 2.06. The van der Waals surface area contributed by atoms with Gasteiger partial charge in [0.2, 0.25) is 0 Å². The normalized spacial score (nSPS) is 15.1. The van der Waals surface area contributed by atoms with Gasteiger partial charge in [-0.2, -0.15) is 0 Å². The molecule has 1 fully saturated rings. The third-order valence-corrected chi connectivity index (χ3v) is 6.40. The van der Waals surface area contributed by atoms with Crippen molar-refractivity contribution < 1.29 is 14.3 Å². The van der Waals surface area contributed by atoms with Crippen molar-refractivity contribution in [1.82, 2.24) is 5.32 Å². The van der Waals surface area contributed by atoms with Crippen molar-refractivity contribution in [3.05, 3.63) is 97.9 Å². The van der Waals surface area contributed by atoms with Crippen LogP contribution in [0.25, 0.3) is 6.08 Å². The third-order valence-electron chi connectivity index (χ3n) is 4.76. The maximum Gasteiger partial charge on any atom is 0.270 e. The molecule has 1 heterocycles. The predicted molar refractivity (Wildman–Crippen MR) is 138 cm³/mol. The highest BCUT2D eigenvalue weighted by molar-refractivity contribution is 9.10. The van der Waals surface area contributed by atoms with E-state index in [0.29, 0.717) is 38.1 Å². The summed E-state index contributed by atoms with van der Waals surface area (Å²) in [7, 11) is 0. The Morgan fingerprint density at radius 1 is 1.00 bits per heavy atom. The quantitative estimate of drug-likeness (QED) is 0.230. The number of para-hydroxylation sites is 1. The van der Waals surface area contributed by atoms with E-state index in [9.17, 15) is 9.59 Å². The highest BCUT2D eigenvalue weighted by Gasteiger charge is 2.34. The SMILES string of the molecule is O=C1NC(=S)N(c2ccccc2)C(=O)/C1=C\c1ccc(OCc2ccc(Cl)c(Cl)c2)c(Br)c1. The molecule has 1 saturated heterocycles. The lowest BCUT2D eigenvalue weighted by molar-refractivity contribution is -0.122. The molecule has 2 amide bonds. The summed E-state index contributed by atoms with van der Waals surface area (Å²) in [6.07, 6.45) is 1.52. The van der Waals surface area contributed by atoms with Gasteiger partial charge in [0.1, 0.15) is 17.9 Å². The van der Waals surface area contributed by atoms with E-state index in [1.807, 2.05) is 12.1 Å². The molecule has 3 aromatic carbocycles. The van der Waals surface area contributed by atoms with Crippen molar-refractivity contribution >= 4 is 80.0 Å². The van der Waals surface area contributed by atoms with Gasteiger partial charge in [-0.15, -0.1) is 0 Å². The van der Waals surface area contributed by atoms with Gasteiger partial charge in [-0.05, 0) is 81.7 Å². The smallest absolute Gasteiger partial charge is 0.270 e. The maximum atomic E-state index is 13.1. The zero-order valence-corrected chi connectivity index (χ0v) is 20.8. The molecular weight excluding hydrogens is 547 g/mol. The van der Waals surface area contributed by atoms with Gasteiger partial charge in [-0.1, -0.05) is 53.5 Å². The van der Waals surface area contributed by atoms with Gasteiger partial charge < -0.3 is 4.74 Å². The van der Waals surface area contributed by atoms with Crippen LogP contribution in [0.1, 0.15) is 11.1 Å². The molecule has 0 aromatic heterocycles. The molecule has 0 bridgehead atoms. The molecule has 4 rings (SSSR count). The van der Waals surface area contributed by atoms with Crippen LogP contribution in [0, 0.1) is 0 Å². The average Bonchev–Trinajstić information content (AvgIpc) is 2.79. The van der Waals surface area contributed by atoms with E-state index in [1.165, 1.54) is 11.0 Å². The fourth-order valence-electron chi connectivity index (χ4n) is 3.15. The van der Waals surface area contributed by atoms with Crippen LogP contribution in [0.3, 0.4) is 0 Å². The van der Waals surface area contributed by atoms with E-state index in [4.69, 9.17) is 40.2 Å². The van der Waals surface area contributed by atoms with Crippen LogP contribution in [0.2, 0.25) is 10.0 Å². The number of hydrogen-bond donors (Lipinski definition) is 1. The van der Waals surface area contributed by atoms with Crippen molar-refractivity contribution in [3.8, 4) is 5.75 Å². The summed E-state index contributed by atoms with van der Waals surface area (Å²) >= 11 is 20.7. The lowest BCUT2D eigenvalue weighted by Gasteiger charge is -2.28. The largest absolute Gasteiger partial charge is 0.488 e. The Balaban J connectivity index is 1.54. The van der Waals surface area contributed by atoms with Gasteiger partial charge in [0.25, 0.3) is 11.8 Å². The number of anilines is 1. The molecule has 0 unspecified atom stereocenters.